The predicted molar refractivity (Wildman–Crippen MR) is 140 cm³/mol. The van der Waals surface area contributed by atoms with Gasteiger partial charge >= 0.3 is 5.97 Å². The fourth-order valence-electron chi connectivity index (χ4n) is 4.95. The van der Waals surface area contributed by atoms with E-state index < -0.39 is 12.0 Å². The van der Waals surface area contributed by atoms with Gasteiger partial charge in [0.1, 0.15) is 29.6 Å². The van der Waals surface area contributed by atoms with Crippen LogP contribution in [0.2, 0.25) is 0 Å². The molecule has 0 bridgehead atoms. The molecule has 8 nitrogen and oxygen atoms in total. The largest absolute Gasteiger partial charge is 0.496 e. The van der Waals surface area contributed by atoms with Crippen molar-refractivity contribution in [3.8, 4) is 34.3 Å². The monoisotopic (exact) mass is 499 g/mol. The number of methoxy groups -OCH3 is 2. The first-order chi connectivity index (χ1) is 18.1. The Balaban J connectivity index is 1.49. The standard InChI is InChI=1S/C29H29N3O5/c1-35-25-15-20(16-26(36-2)23(25)17-32-14-7-6-13-24(32)29(33)34)37-28-22-12-8-11-21(27(22)30-18-31-28)19-9-4-3-5-10-19/h3-5,8-12,15-16,18,24H,6-7,13-14,17H2,1-2H3,(H,33,34)/t24-/m0/s1. The highest BCUT2D eigenvalue weighted by molar-refractivity contribution is 5.96. The highest BCUT2D eigenvalue weighted by atomic mass is 16.5. The summed E-state index contributed by atoms with van der Waals surface area (Å²) in [5.74, 6) is 1.24. The van der Waals surface area contributed by atoms with Crippen molar-refractivity contribution in [2.45, 2.75) is 31.8 Å². The van der Waals surface area contributed by atoms with E-state index in [4.69, 9.17) is 14.2 Å². The number of para-hydroxylation sites is 1. The molecule has 1 fully saturated rings. The van der Waals surface area contributed by atoms with Gasteiger partial charge in [0.25, 0.3) is 0 Å². The predicted octanol–water partition coefficient (Wildman–Crippen LogP) is 5.55. The molecule has 4 aromatic rings. The molecule has 3 aromatic carbocycles. The lowest BCUT2D eigenvalue weighted by Crippen LogP contribution is -2.44. The first-order valence-corrected chi connectivity index (χ1v) is 12.3. The number of carboxylic acid groups (broad SMARTS) is 1. The number of hydrogen-bond donors (Lipinski definition) is 1. The van der Waals surface area contributed by atoms with E-state index in [9.17, 15) is 9.90 Å². The van der Waals surface area contributed by atoms with Gasteiger partial charge < -0.3 is 19.3 Å². The smallest absolute Gasteiger partial charge is 0.320 e. The lowest BCUT2D eigenvalue weighted by atomic mass is 10.0. The van der Waals surface area contributed by atoms with Crippen molar-refractivity contribution in [3.05, 3.63) is 72.6 Å². The molecule has 1 saturated heterocycles. The summed E-state index contributed by atoms with van der Waals surface area (Å²) in [7, 11) is 3.16. The zero-order valence-corrected chi connectivity index (χ0v) is 20.9. The lowest BCUT2D eigenvalue weighted by Gasteiger charge is -2.33. The summed E-state index contributed by atoms with van der Waals surface area (Å²) in [5, 5.41) is 10.5. The van der Waals surface area contributed by atoms with Gasteiger partial charge in [0, 0.05) is 24.2 Å². The minimum Gasteiger partial charge on any atom is -0.496 e. The van der Waals surface area contributed by atoms with Crippen molar-refractivity contribution in [1.29, 1.82) is 0 Å². The molecule has 0 aliphatic carbocycles. The van der Waals surface area contributed by atoms with Crippen LogP contribution in [0.4, 0.5) is 0 Å². The third-order valence-corrected chi connectivity index (χ3v) is 6.77. The zero-order chi connectivity index (χ0) is 25.8. The first kappa shape index (κ1) is 24.5. The minimum absolute atomic E-state index is 0.403. The van der Waals surface area contributed by atoms with Gasteiger partial charge in [0.15, 0.2) is 0 Å². The van der Waals surface area contributed by atoms with Crippen LogP contribution in [0.5, 0.6) is 23.1 Å². The third-order valence-electron chi connectivity index (χ3n) is 6.77. The fraction of sp³-hybridized carbons (Fsp3) is 0.276. The maximum Gasteiger partial charge on any atom is 0.320 e. The van der Waals surface area contributed by atoms with Crippen LogP contribution in [0.3, 0.4) is 0 Å². The van der Waals surface area contributed by atoms with Crippen LogP contribution < -0.4 is 14.2 Å². The molecule has 0 saturated carbocycles. The van der Waals surface area contributed by atoms with Gasteiger partial charge in [-0.15, -0.1) is 0 Å². The molecular weight excluding hydrogens is 470 g/mol. The summed E-state index contributed by atoms with van der Waals surface area (Å²) >= 11 is 0. The van der Waals surface area contributed by atoms with Crippen LogP contribution in [-0.2, 0) is 11.3 Å². The second-order valence-corrected chi connectivity index (χ2v) is 8.98. The van der Waals surface area contributed by atoms with Gasteiger partial charge in [-0.25, -0.2) is 9.97 Å². The van der Waals surface area contributed by atoms with Gasteiger partial charge in [-0.05, 0) is 31.0 Å². The summed E-state index contributed by atoms with van der Waals surface area (Å²) in [6.45, 7) is 1.11. The number of fused-ring (bicyclic) bond motifs is 1. The van der Waals surface area contributed by atoms with E-state index in [2.05, 4.69) is 9.97 Å². The number of nitrogens with zero attached hydrogens (tertiary/aromatic N) is 3. The van der Waals surface area contributed by atoms with E-state index in [1.807, 2.05) is 53.4 Å². The van der Waals surface area contributed by atoms with E-state index in [0.29, 0.717) is 42.6 Å². The van der Waals surface area contributed by atoms with E-state index >= 15 is 0 Å². The number of hydrogen-bond acceptors (Lipinski definition) is 7. The molecule has 0 unspecified atom stereocenters. The Morgan fingerprint density at radius 2 is 1.76 bits per heavy atom. The highest BCUT2D eigenvalue weighted by Gasteiger charge is 2.30. The van der Waals surface area contributed by atoms with Crippen molar-refractivity contribution in [2.75, 3.05) is 20.8 Å². The number of aliphatic carboxylic acids is 1. The zero-order valence-electron chi connectivity index (χ0n) is 20.9. The molecule has 0 spiro atoms. The highest BCUT2D eigenvalue weighted by Crippen LogP contribution is 2.39. The fourth-order valence-corrected chi connectivity index (χ4v) is 4.95. The quantitative estimate of drug-likeness (QED) is 0.337. The van der Waals surface area contributed by atoms with Gasteiger partial charge in [-0.2, -0.15) is 0 Å². The van der Waals surface area contributed by atoms with Crippen LogP contribution in [0.1, 0.15) is 24.8 Å². The second-order valence-electron chi connectivity index (χ2n) is 8.98. The Morgan fingerprint density at radius 1 is 1.00 bits per heavy atom. The summed E-state index contributed by atoms with van der Waals surface area (Å²) in [4.78, 5) is 22.7. The molecule has 1 N–H and O–H groups in total. The Hall–Kier alpha value is -4.17. The minimum atomic E-state index is -0.803. The van der Waals surface area contributed by atoms with Gasteiger partial charge in [0.2, 0.25) is 5.88 Å². The van der Waals surface area contributed by atoms with Crippen LogP contribution in [-0.4, -0.2) is 52.7 Å². The maximum absolute atomic E-state index is 11.8. The van der Waals surface area contributed by atoms with Gasteiger partial charge in [0.05, 0.1) is 30.7 Å². The van der Waals surface area contributed by atoms with Gasteiger partial charge in [-0.3, -0.25) is 9.69 Å². The van der Waals surface area contributed by atoms with E-state index in [-0.39, 0.29) is 0 Å². The normalized spacial score (nSPS) is 15.9. The molecular formula is C29H29N3O5. The molecule has 0 amide bonds. The van der Waals surface area contributed by atoms with Crippen molar-refractivity contribution in [1.82, 2.24) is 14.9 Å². The molecule has 1 aliphatic rings. The molecule has 37 heavy (non-hydrogen) atoms. The Labute approximate surface area is 215 Å². The van der Waals surface area contributed by atoms with Crippen LogP contribution in [0.15, 0.2) is 67.0 Å². The number of ether oxygens (including phenoxy) is 3. The van der Waals surface area contributed by atoms with E-state index in [0.717, 1.165) is 40.4 Å². The molecule has 2 heterocycles. The molecule has 0 radical (unpaired) electrons. The average Bonchev–Trinajstić information content (AvgIpc) is 2.94. The SMILES string of the molecule is COc1cc(Oc2ncnc3c(-c4ccccc4)cccc23)cc(OC)c1CN1CCCC[C@H]1C(=O)O. The summed E-state index contributed by atoms with van der Waals surface area (Å²) < 4.78 is 17.7. The molecule has 1 aliphatic heterocycles. The number of piperidine rings is 1. The topological polar surface area (TPSA) is 94.0 Å². The second kappa shape index (κ2) is 10.8. The van der Waals surface area contributed by atoms with Gasteiger partial charge in [-0.1, -0.05) is 48.9 Å². The van der Waals surface area contributed by atoms with Crippen LogP contribution in [0.25, 0.3) is 22.0 Å². The van der Waals surface area contributed by atoms with Crippen molar-refractivity contribution in [3.63, 3.8) is 0 Å². The molecule has 8 heteroatoms. The summed E-state index contributed by atoms with van der Waals surface area (Å²) in [6, 6.07) is 19.0. The number of benzene rings is 3. The number of carbonyl (C=O) groups is 1. The first-order valence-electron chi connectivity index (χ1n) is 12.3. The van der Waals surface area contributed by atoms with E-state index in [1.54, 1.807) is 26.4 Å². The Kier molecular flexibility index (Phi) is 7.18. The van der Waals surface area contributed by atoms with Crippen molar-refractivity contribution >= 4 is 16.9 Å². The molecule has 1 atom stereocenters. The molecule has 1 aromatic heterocycles. The number of likely N-dealkylation sites (tertiary alicyclic amines) is 1. The molecule has 190 valence electrons. The van der Waals surface area contributed by atoms with Crippen molar-refractivity contribution < 1.29 is 24.1 Å². The number of rotatable bonds is 8. The molecule has 5 rings (SSSR count). The summed E-state index contributed by atoms with van der Waals surface area (Å²) in [6.07, 6.45) is 4.00. The Bertz CT molecular complexity index is 1380. The van der Waals surface area contributed by atoms with Crippen molar-refractivity contribution in [2.24, 2.45) is 0 Å². The third kappa shape index (κ3) is 5.06. The van der Waals surface area contributed by atoms with E-state index in [1.165, 1.54) is 6.33 Å². The average molecular weight is 500 g/mol. The van der Waals surface area contributed by atoms with Crippen LogP contribution >= 0.6 is 0 Å². The Morgan fingerprint density at radius 3 is 2.46 bits per heavy atom. The number of aromatic nitrogens is 2. The number of carboxylic acids is 1. The van der Waals surface area contributed by atoms with Crippen LogP contribution in [0, 0.1) is 0 Å². The summed E-state index contributed by atoms with van der Waals surface area (Å²) in [5.41, 5.74) is 3.62. The lowest BCUT2D eigenvalue weighted by molar-refractivity contribution is -0.144. The maximum atomic E-state index is 11.8.